The zero-order valence-electron chi connectivity index (χ0n) is 12.8. The van der Waals surface area contributed by atoms with Gasteiger partial charge in [-0.05, 0) is 37.8 Å². The van der Waals surface area contributed by atoms with Crippen molar-refractivity contribution in [1.29, 1.82) is 0 Å². The first kappa shape index (κ1) is 15.4. The Bertz CT molecular complexity index is 563. The number of hydrogen-bond donors (Lipinski definition) is 1. The molecule has 0 fully saturated rings. The van der Waals surface area contributed by atoms with Crippen LogP contribution >= 0.6 is 11.3 Å². The van der Waals surface area contributed by atoms with Crippen LogP contribution in [-0.2, 0) is 9.47 Å². The zero-order valence-corrected chi connectivity index (χ0v) is 13.6. The van der Waals surface area contributed by atoms with Crippen LogP contribution < -0.4 is 5.32 Å². The molecule has 0 saturated heterocycles. The van der Waals surface area contributed by atoms with Gasteiger partial charge in [-0.25, -0.2) is 0 Å². The van der Waals surface area contributed by atoms with E-state index in [2.05, 4.69) is 50.4 Å². The minimum absolute atomic E-state index is 0.129. The molecule has 0 spiro atoms. The molecule has 1 aromatic heterocycles. The summed E-state index contributed by atoms with van der Waals surface area (Å²) in [6, 6.07) is 8.96. The quantitative estimate of drug-likeness (QED) is 0.820. The van der Waals surface area contributed by atoms with Crippen LogP contribution in [0.5, 0.6) is 0 Å². The van der Waals surface area contributed by atoms with Gasteiger partial charge in [0.25, 0.3) is 0 Å². The molecule has 0 bridgehead atoms. The number of fused-ring (bicyclic) bond motifs is 1. The van der Waals surface area contributed by atoms with Crippen molar-refractivity contribution in [2.75, 3.05) is 14.2 Å². The van der Waals surface area contributed by atoms with E-state index in [-0.39, 0.29) is 18.4 Å². The van der Waals surface area contributed by atoms with Gasteiger partial charge in [0.05, 0.1) is 6.04 Å². The van der Waals surface area contributed by atoms with Crippen molar-refractivity contribution < 1.29 is 9.47 Å². The molecule has 0 aliphatic rings. The minimum Gasteiger partial charge on any atom is -0.354 e. The van der Waals surface area contributed by atoms with Gasteiger partial charge in [-0.3, -0.25) is 0 Å². The fourth-order valence-corrected chi connectivity index (χ4v) is 3.88. The van der Waals surface area contributed by atoms with E-state index in [4.69, 9.17) is 9.47 Å². The van der Waals surface area contributed by atoms with Gasteiger partial charge in [-0.2, -0.15) is 0 Å². The van der Waals surface area contributed by atoms with Crippen molar-refractivity contribution in [2.24, 2.45) is 0 Å². The van der Waals surface area contributed by atoms with Crippen LogP contribution in [0.2, 0.25) is 0 Å². The molecule has 2 atom stereocenters. The maximum Gasteiger partial charge on any atom is 0.171 e. The summed E-state index contributed by atoms with van der Waals surface area (Å²) in [6.07, 6.45) is -0.230. The van der Waals surface area contributed by atoms with Crippen LogP contribution in [0.1, 0.15) is 30.3 Å². The Morgan fingerprint density at radius 2 is 1.75 bits per heavy atom. The fourth-order valence-electron chi connectivity index (χ4n) is 2.66. The minimum atomic E-state index is -0.230. The third kappa shape index (κ3) is 3.04. The molecular formula is C16H23NO2S. The molecule has 0 radical (unpaired) electrons. The molecule has 20 heavy (non-hydrogen) atoms. The maximum atomic E-state index is 5.31. The van der Waals surface area contributed by atoms with Crippen molar-refractivity contribution in [1.82, 2.24) is 5.32 Å². The van der Waals surface area contributed by atoms with Crippen molar-refractivity contribution in [3.8, 4) is 0 Å². The summed E-state index contributed by atoms with van der Waals surface area (Å²) in [6.45, 7) is 6.47. The maximum absolute atomic E-state index is 5.31. The Morgan fingerprint density at radius 1 is 1.10 bits per heavy atom. The van der Waals surface area contributed by atoms with Gasteiger partial charge in [0.15, 0.2) is 6.29 Å². The number of benzene rings is 1. The number of aryl methyl sites for hydroxylation is 1. The number of hydrogen-bond acceptors (Lipinski definition) is 4. The lowest BCUT2D eigenvalue weighted by molar-refractivity contribution is -0.120. The SMILES string of the molecule is COC(OC)C(C)NC(C)c1sc2ccccc2c1C. The normalized spacial score (nSPS) is 14.9. The average Bonchev–Trinajstić information content (AvgIpc) is 2.78. The molecule has 1 heterocycles. The standard InChI is InChI=1S/C16H23NO2S/c1-10-13-8-6-7-9-14(13)20-15(10)11(2)17-12(3)16(18-4)19-5/h6-9,11-12,16-17H,1-5H3. The van der Waals surface area contributed by atoms with Gasteiger partial charge in [0.2, 0.25) is 0 Å². The highest BCUT2D eigenvalue weighted by molar-refractivity contribution is 7.19. The summed E-state index contributed by atoms with van der Waals surface area (Å²) >= 11 is 1.86. The second-order valence-corrected chi connectivity index (χ2v) is 6.19. The highest BCUT2D eigenvalue weighted by Crippen LogP contribution is 2.34. The first-order valence-corrected chi connectivity index (χ1v) is 7.69. The van der Waals surface area contributed by atoms with Crippen molar-refractivity contribution >= 4 is 21.4 Å². The molecule has 0 saturated carbocycles. The predicted molar refractivity (Wildman–Crippen MR) is 85.4 cm³/mol. The van der Waals surface area contributed by atoms with Crippen LogP contribution in [0.3, 0.4) is 0 Å². The average molecular weight is 293 g/mol. The number of rotatable bonds is 6. The van der Waals surface area contributed by atoms with Gasteiger partial charge in [-0.1, -0.05) is 18.2 Å². The molecule has 2 unspecified atom stereocenters. The summed E-state index contributed by atoms with van der Waals surface area (Å²) in [5, 5.41) is 4.91. The molecule has 1 N–H and O–H groups in total. The van der Waals surface area contributed by atoms with Gasteiger partial charge in [0, 0.05) is 29.8 Å². The summed E-state index contributed by atoms with van der Waals surface area (Å²) in [5.41, 5.74) is 1.36. The second kappa shape index (κ2) is 6.68. The predicted octanol–water partition coefficient (Wildman–Crippen LogP) is 3.87. The van der Waals surface area contributed by atoms with E-state index in [0.29, 0.717) is 0 Å². The van der Waals surface area contributed by atoms with Gasteiger partial charge < -0.3 is 14.8 Å². The van der Waals surface area contributed by atoms with Crippen molar-refractivity contribution in [3.63, 3.8) is 0 Å². The molecule has 1 aromatic carbocycles. The Morgan fingerprint density at radius 3 is 2.35 bits per heavy atom. The molecule has 0 amide bonds. The van der Waals surface area contributed by atoms with Gasteiger partial charge in [0.1, 0.15) is 0 Å². The monoisotopic (exact) mass is 293 g/mol. The van der Waals surface area contributed by atoms with E-state index in [1.165, 1.54) is 20.5 Å². The third-order valence-electron chi connectivity index (χ3n) is 3.66. The third-order valence-corrected chi connectivity index (χ3v) is 5.12. The lowest BCUT2D eigenvalue weighted by Crippen LogP contribution is -2.40. The molecule has 2 aromatic rings. The van der Waals surface area contributed by atoms with Gasteiger partial charge in [-0.15, -0.1) is 11.3 Å². The molecule has 4 heteroatoms. The van der Waals surface area contributed by atoms with E-state index >= 15 is 0 Å². The molecule has 0 aliphatic carbocycles. The second-order valence-electron chi connectivity index (χ2n) is 5.10. The Balaban J connectivity index is 2.19. The van der Waals surface area contributed by atoms with Crippen molar-refractivity contribution in [2.45, 2.75) is 39.1 Å². The fraction of sp³-hybridized carbons (Fsp3) is 0.500. The summed E-state index contributed by atoms with van der Waals surface area (Å²) < 4.78 is 12.0. The molecule has 2 rings (SSSR count). The van der Waals surface area contributed by atoms with Crippen molar-refractivity contribution in [3.05, 3.63) is 34.7 Å². The van der Waals surface area contributed by atoms with Crippen LogP contribution in [0.4, 0.5) is 0 Å². The molecule has 3 nitrogen and oxygen atoms in total. The van der Waals surface area contributed by atoms with E-state index in [1.54, 1.807) is 14.2 Å². The summed E-state index contributed by atoms with van der Waals surface area (Å²) in [5.74, 6) is 0. The lowest BCUT2D eigenvalue weighted by atomic mass is 10.1. The summed E-state index contributed by atoms with van der Waals surface area (Å²) in [7, 11) is 3.34. The number of methoxy groups -OCH3 is 2. The smallest absolute Gasteiger partial charge is 0.171 e. The highest BCUT2D eigenvalue weighted by atomic mass is 32.1. The first-order chi connectivity index (χ1) is 9.58. The van der Waals surface area contributed by atoms with Crippen LogP contribution in [0.25, 0.3) is 10.1 Å². The van der Waals surface area contributed by atoms with E-state index in [9.17, 15) is 0 Å². The van der Waals surface area contributed by atoms with Crippen LogP contribution in [0, 0.1) is 6.92 Å². The number of ether oxygens (including phenoxy) is 2. The summed E-state index contributed by atoms with van der Waals surface area (Å²) in [4.78, 5) is 1.38. The van der Waals surface area contributed by atoms with Crippen LogP contribution in [0.15, 0.2) is 24.3 Å². The molecule has 110 valence electrons. The Hall–Kier alpha value is -0.940. The number of thiophene rings is 1. The van der Waals surface area contributed by atoms with E-state index in [0.717, 1.165) is 0 Å². The van der Waals surface area contributed by atoms with E-state index < -0.39 is 0 Å². The molecular weight excluding hydrogens is 270 g/mol. The topological polar surface area (TPSA) is 30.5 Å². The Kier molecular flexibility index (Phi) is 5.16. The zero-order chi connectivity index (χ0) is 14.7. The lowest BCUT2D eigenvalue weighted by Gasteiger charge is -2.25. The Labute approximate surface area is 124 Å². The van der Waals surface area contributed by atoms with Crippen LogP contribution in [-0.4, -0.2) is 26.6 Å². The highest BCUT2D eigenvalue weighted by Gasteiger charge is 2.21. The van der Waals surface area contributed by atoms with E-state index in [1.807, 2.05) is 11.3 Å². The first-order valence-electron chi connectivity index (χ1n) is 6.88. The number of nitrogens with one attached hydrogen (secondary N) is 1. The molecule has 0 aliphatic heterocycles. The largest absolute Gasteiger partial charge is 0.354 e. The van der Waals surface area contributed by atoms with Gasteiger partial charge >= 0.3 is 0 Å².